The number of ketones is 1. The highest BCUT2D eigenvalue weighted by atomic mass is 35.5. The molecule has 2 aromatic rings. The van der Waals surface area contributed by atoms with Crippen LogP contribution in [0.4, 0.5) is 0 Å². The zero-order valence-corrected chi connectivity index (χ0v) is 29.6. The fourth-order valence-electron chi connectivity index (χ4n) is 6.09. The number of likely N-dealkylation sites (tertiary alicyclic amines) is 1. The first-order valence-corrected chi connectivity index (χ1v) is 17.2. The Kier molecular flexibility index (Phi) is 11.5. The molecule has 0 bridgehead atoms. The lowest BCUT2D eigenvalue weighted by Crippen LogP contribution is -2.61. The molecule has 1 aromatic heterocycles. The van der Waals surface area contributed by atoms with E-state index in [1.807, 2.05) is 19.1 Å². The smallest absolute Gasteiger partial charge is 0.289 e. The molecule has 1 spiro atoms. The summed E-state index contributed by atoms with van der Waals surface area (Å²) in [5.41, 5.74) is 0.0994. The van der Waals surface area contributed by atoms with E-state index in [0.717, 1.165) is 24.0 Å². The van der Waals surface area contributed by atoms with Crippen LogP contribution in [-0.4, -0.2) is 88.1 Å². The van der Waals surface area contributed by atoms with Crippen LogP contribution in [0.2, 0.25) is 5.02 Å². The van der Waals surface area contributed by atoms with Crippen LogP contribution in [0.5, 0.6) is 0 Å². The highest BCUT2D eigenvalue weighted by Gasteiger charge is 2.56. The van der Waals surface area contributed by atoms with Crippen molar-refractivity contribution < 1.29 is 33.5 Å². The maximum Gasteiger partial charge on any atom is 0.289 e. The Labute approximate surface area is 297 Å². The predicted molar refractivity (Wildman–Crippen MR) is 186 cm³/mol. The van der Waals surface area contributed by atoms with Gasteiger partial charge >= 0.3 is 0 Å². The van der Waals surface area contributed by atoms with E-state index in [9.17, 15) is 19.2 Å². The summed E-state index contributed by atoms with van der Waals surface area (Å²) in [6.45, 7) is 9.50. The molecule has 1 aromatic carbocycles. The van der Waals surface area contributed by atoms with Crippen molar-refractivity contribution >= 4 is 40.8 Å². The lowest BCUT2D eigenvalue weighted by atomic mass is 9.91. The Morgan fingerprint density at radius 2 is 1.90 bits per heavy atom. The fourth-order valence-corrected chi connectivity index (χ4v) is 6.28. The van der Waals surface area contributed by atoms with Crippen molar-refractivity contribution in [2.24, 2.45) is 5.16 Å². The molecule has 0 radical (unpaired) electrons. The highest BCUT2D eigenvalue weighted by molar-refractivity contribution is 6.38. The average molecular weight is 709 g/mol. The van der Waals surface area contributed by atoms with E-state index in [0.29, 0.717) is 23.6 Å². The summed E-state index contributed by atoms with van der Waals surface area (Å²) in [5.74, 6) is -2.38. The number of benzene rings is 1. The lowest BCUT2D eigenvalue weighted by Gasteiger charge is -2.37. The van der Waals surface area contributed by atoms with Gasteiger partial charge in [-0.25, -0.2) is 0 Å². The number of ether oxygens (including phenoxy) is 2. The second kappa shape index (κ2) is 15.6. The largest absolute Gasteiger partial charge is 0.475 e. The number of methoxy groups -OCH3 is 1. The highest BCUT2D eigenvalue weighted by Crippen LogP contribution is 2.40. The SMILES string of the molecule is C=C(N[C@H](C(=O)N1C[C@@]2(CC(c3cccc(Cl)c3)=NO2)C[C@H]1C(=O)N[C@@H](CCC)C(=O)C(=O)NC1CC1)C(C)(C)OC)OCc1ccncc1. The van der Waals surface area contributed by atoms with Crippen LogP contribution in [0.1, 0.15) is 70.4 Å². The molecular weight excluding hydrogens is 664 g/mol. The summed E-state index contributed by atoms with van der Waals surface area (Å²) in [6.07, 6.45) is 6.11. The molecule has 4 atom stereocenters. The number of aromatic nitrogens is 1. The average Bonchev–Trinajstić information content (AvgIpc) is 3.70. The summed E-state index contributed by atoms with van der Waals surface area (Å²) < 4.78 is 11.6. The van der Waals surface area contributed by atoms with Gasteiger partial charge in [-0.3, -0.25) is 24.2 Å². The van der Waals surface area contributed by atoms with Gasteiger partial charge in [-0.05, 0) is 69.5 Å². The van der Waals surface area contributed by atoms with Gasteiger partial charge in [0.15, 0.2) is 11.5 Å². The van der Waals surface area contributed by atoms with Gasteiger partial charge in [0, 0.05) is 49.0 Å². The quantitative estimate of drug-likeness (QED) is 0.175. The monoisotopic (exact) mass is 708 g/mol. The van der Waals surface area contributed by atoms with E-state index in [1.165, 1.54) is 12.0 Å². The van der Waals surface area contributed by atoms with Crippen LogP contribution in [0.15, 0.2) is 66.4 Å². The molecule has 50 heavy (non-hydrogen) atoms. The number of oxime groups is 1. The van der Waals surface area contributed by atoms with Crippen molar-refractivity contribution in [2.45, 2.75) is 101 Å². The molecule has 13 nitrogen and oxygen atoms in total. The third-order valence-electron chi connectivity index (χ3n) is 9.27. The molecule has 268 valence electrons. The standard InChI is InChI=1S/C36H45ClN6O7/c1-6-8-27(30(44)33(46)40-26-11-12-26)41-32(45)29-19-36(18-28(42-50-36)24-9-7-10-25(37)17-24)21-43(29)34(47)31(35(3,4)48-5)39-22(2)49-20-23-13-15-38-16-14-23/h7,9-10,13-17,26-27,29,31,39H,2,6,8,11-12,18-21H2,1,3-5H3,(H,40,46)(H,41,45)/t27-,29-,31+,36+/m0/s1. The third-order valence-corrected chi connectivity index (χ3v) is 9.50. The summed E-state index contributed by atoms with van der Waals surface area (Å²) >= 11 is 6.25. The number of carbonyl (C=O) groups excluding carboxylic acids is 4. The molecule has 3 aliphatic rings. The predicted octanol–water partition coefficient (Wildman–Crippen LogP) is 3.40. The minimum atomic E-state index is -1.10. The Morgan fingerprint density at radius 1 is 1.16 bits per heavy atom. The van der Waals surface area contributed by atoms with Gasteiger partial charge in [0.1, 0.15) is 18.7 Å². The second-order valence-electron chi connectivity index (χ2n) is 13.6. The molecule has 3 N–H and O–H groups in total. The minimum absolute atomic E-state index is 0.00830. The fraction of sp³-hybridized carbons (Fsp3) is 0.500. The summed E-state index contributed by atoms with van der Waals surface area (Å²) in [4.78, 5) is 66.2. The number of pyridine rings is 1. The van der Waals surface area contributed by atoms with E-state index in [4.69, 9.17) is 25.9 Å². The van der Waals surface area contributed by atoms with Crippen molar-refractivity contribution in [1.82, 2.24) is 25.8 Å². The maximum absolute atomic E-state index is 14.7. The molecule has 2 aliphatic heterocycles. The minimum Gasteiger partial charge on any atom is -0.475 e. The molecule has 2 fully saturated rings. The van der Waals surface area contributed by atoms with Crippen LogP contribution in [0.3, 0.4) is 0 Å². The van der Waals surface area contributed by atoms with Crippen molar-refractivity contribution in [3.05, 3.63) is 77.4 Å². The van der Waals surface area contributed by atoms with Crippen LogP contribution >= 0.6 is 11.6 Å². The number of amides is 3. The van der Waals surface area contributed by atoms with Crippen molar-refractivity contribution in [1.29, 1.82) is 0 Å². The third kappa shape index (κ3) is 8.80. The zero-order chi connectivity index (χ0) is 36.1. The molecule has 0 unspecified atom stereocenters. The van der Waals surface area contributed by atoms with Gasteiger partial charge in [-0.15, -0.1) is 0 Å². The van der Waals surface area contributed by atoms with Crippen LogP contribution in [0, 0.1) is 0 Å². The second-order valence-corrected chi connectivity index (χ2v) is 14.0. The van der Waals surface area contributed by atoms with Crippen molar-refractivity contribution in [2.75, 3.05) is 13.7 Å². The van der Waals surface area contributed by atoms with Gasteiger partial charge < -0.3 is 35.2 Å². The maximum atomic E-state index is 14.7. The Hall–Kier alpha value is -4.49. The lowest BCUT2D eigenvalue weighted by molar-refractivity contribution is -0.147. The number of rotatable bonds is 16. The first kappa shape index (κ1) is 36.8. The number of halogens is 1. The molecule has 1 aliphatic carbocycles. The van der Waals surface area contributed by atoms with E-state index >= 15 is 0 Å². The number of hydrogen-bond donors (Lipinski definition) is 3. The normalized spacial score (nSPS) is 21.1. The molecule has 3 heterocycles. The Balaban J connectivity index is 1.40. The van der Waals surface area contributed by atoms with Gasteiger partial charge in [0.2, 0.25) is 17.6 Å². The first-order valence-electron chi connectivity index (χ1n) is 16.8. The number of Topliss-reactive ketones (excluding diaryl/α,β-unsaturated/α-hetero) is 1. The summed E-state index contributed by atoms with van der Waals surface area (Å²) in [6, 6.07) is 7.59. The van der Waals surface area contributed by atoms with Gasteiger partial charge in [0.05, 0.1) is 23.9 Å². The topological polar surface area (TPSA) is 161 Å². The molecule has 3 amide bonds. The van der Waals surface area contributed by atoms with E-state index in [1.54, 1.807) is 50.5 Å². The Bertz CT molecular complexity index is 1630. The molecular formula is C36H45ClN6O7. The Morgan fingerprint density at radius 3 is 2.56 bits per heavy atom. The molecule has 1 saturated heterocycles. The number of carbonyl (C=O) groups is 4. The summed E-state index contributed by atoms with van der Waals surface area (Å²) in [7, 11) is 1.48. The molecule has 5 rings (SSSR count). The zero-order valence-electron chi connectivity index (χ0n) is 28.9. The van der Waals surface area contributed by atoms with Gasteiger partial charge in [-0.1, -0.05) is 42.2 Å². The molecule has 1 saturated carbocycles. The van der Waals surface area contributed by atoms with Crippen LogP contribution in [-0.2, 0) is 40.1 Å². The van der Waals surface area contributed by atoms with Crippen molar-refractivity contribution in [3.63, 3.8) is 0 Å². The van der Waals surface area contributed by atoms with Gasteiger partial charge in [-0.2, -0.15) is 0 Å². The first-order chi connectivity index (χ1) is 23.8. The van der Waals surface area contributed by atoms with E-state index in [2.05, 4.69) is 32.7 Å². The van der Waals surface area contributed by atoms with Gasteiger partial charge in [0.25, 0.3) is 5.91 Å². The summed E-state index contributed by atoms with van der Waals surface area (Å²) in [5, 5.41) is 13.5. The van der Waals surface area contributed by atoms with Crippen molar-refractivity contribution in [3.8, 4) is 0 Å². The van der Waals surface area contributed by atoms with E-state index < -0.39 is 52.8 Å². The van der Waals surface area contributed by atoms with E-state index in [-0.39, 0.29) is 37.9 Å². The number of hydrogen-bond acceptors (Lipinski definition) is 10. The molecule has 14 heteroatoms. The van der Waals surface area contributed by atoms with Crippen LogP contribution < -0.4 is 16.0 Å². The number of nitrogens with zero attached hydrogens (tertiary/aromatic N) is 3. The van der Waals surface area contributed by atoms with Crippen LogP contribution in [0.25, 0.3) is 0 Å². The number of nitrogens with one attached hydrogen (secondary N) is 3.